The van der Waals surface area contributed by atoms with E-state index in [0.29, 0.717) is 23.0 Å². The molecule has 8 heteroatoms. The molecule has 0 saturated heterocycles. The van der Waals surface area contributed by atoms with Gasteiger partial charge in [0.2, 0.25) is 0 Å². The van der Waals surface area contributed by atoms with Crippen LogP contribution in [0.4, 0.5) is 0 Å². The van der Waals surface area contributed by atoms with Crippen LogP contribution in [0.15, 0.2) is 59.0 Å². The van der Waals surface area contributed by atoms with Crippen molar-refractivity contribution in [2.45, 2.75) is 13.5 Å². The Morgan fingerprint density at radius 1 is 0.900 bits per heavy atom. The molecule has 1 heterocycles. The standard InChI is InChI=1S/C22H22N2O6/c1-14-19(27-2)11-15(12-20(14)28-3)21(25)23-24-22(26)18-10-9-17(30-18)13-29-16-7-5-4-6-8-16/h4-12H,13H2,1-3H3,(H,23,25)(H,24,26). The van der Waals surface area contributed by atoms with E-state index in [4.69, 9.17) is 18.6 Å². The van der Waals surface area contributed by atoms with Gasteiger partial charge in [0.05, 0.1) is 14.2 Å². The lowest BCUT2D eigenvalue weighted by molar-refractivity contribution is 0.0828. The van der Waals surface area contributed by atoms with Crippen LogP contribution in [0, 0.1) is 6.92 Å². The number of carbonyl (C=O) groups excluding carboxylic acids is 2. The number of amides is 2. The quantitative estimate of drug-likeness (QED) is 0.580. The van der Waals surface area contributed by atoms with Crippen LogP contribution >= 0.6 is 0 Å². The number of furan rings is 1. The van der Waals surface area contributed by atoms with Crippen molar-refractivity contribution >= 4 is 11.8 Å². The highest BCUT2D eigenvalue weighted by atomic mass is 16.5. The fraction of sp³-hybridized carbons (Fsp3) is 0.182. The van der Waals surface area contributed by atoms with Crippen molar-refractivity contribution in [2.75, 3.05) is 14.2 Å². The Morgan fingerprint density at radius 3 is 2.17 bits per heavy atom. The Hall–Kier alpha value is -3.94. The van der Waals surface area contributed by atoms with Crippen LogP contribution in [0.3, 0.4) is 0 Å². The predicted octanol–water partition coefficient (Wildman–Crippen LogP) is 3.26. The Bertz CT molecular complexity index is 1000. The van der Waals surface area contributed by atoms with Gasteiger partial charge in [-0.15, -0.1) is 0 Å². The van der Waals surface area contributed by atoms with Crippen LogP contribution in [0.25, 0.3) is 0 Å². The minimum atomic E-state index is -0.597. The molecule has 30 heavy (non-hydrogen) atoms. The number of nitrogens with one attached hydrogen (secondary N) is 2. The van der Waals surface area contributed by atoms with Crippen molar-refractivity contribution in [3.63, 3.8) is 0 Å². The summed E-state index contributed by atoms with van der Waals surface area (Å²) in [5.74, 6) is 1.08. The molecule has 0 fully saturated rings. The zero-order chi connectivity index (χ0) is 21.5. The number of hydrazine groups is 1. The van der Waals surface area contributed by atoms with Gasteiger partial charge in [0.15, 0.2) is 5.76 Å². The summed E-state index contributed by atoms with van der Waals surface area (Å²) in [7, 11) is 3.00. The van der Waals surface area contributed by atoms with Gasteiger partial charge in [-0.2, -0.15) is 0 Å². The van der Waals surface area contributed by atoms with Gasteiger partial charge in [-0.1, -0.05) is 18.2 Å². The molecule has 0 unspecified atom stereocenters. The first-order chi connectivity index (χ1) is 14.5. The van der Waals surface area contributed by atoms with Gasteiger partial charge in [0, 0.05) is 11.1 Å². The van der Waals surface area contributed by atoms with Crippen LogP contribution in [-0.4, -0.2) is 26.0 Å². The molecular formula is C22H22N2O6. The van der Waals surface area contributed by atoms with Gasteiger partial charge in [-0.3, -0.25) is 20.4 Å². The number of rotatable bonds is 7. The number of para-hydroxylation sites is 1. The fourth-order valence-electron chi connectivity index (χ4n) is 2.71. The predicted molar refractivity (Wildman–Crippen MR) is 109 cm³/mol. The SMILES string of the molecule is COc1cc(C(=O)NNC(=O)c2ccc(COc3ccccc3)o2)cc(OC)c1C. The van der Waals surface area contributed by atoms with Crippen molar-refractivity contribution in [1.29, 1.82) is 0 Å². The van der Waals surface area contributed by atoms with Gasteiger partial charge in [0.1, 0.15) is 29.6 Å². The van der Waals surface area contributed by atoms with E-state index in [0.717, 1.165) is 5.56 Å². The second kappa shape index (κ2) is 9.51. The molecule has 0 radical (unpaired) electrons. The summed E-state index contributed by atoms with van der Waals surface area (Å²) in [5.41, 5.74) is 5.70. The maximum absolute atomic E-state index is 12.4. The Balaban J connectivity index is 1.58. The lowest BCUT2D eigenvalue weighted by atomic mass is 10.1. The smallest absolute Gasteiger partial charge is 0.305 e. The Morgan fingerprint density at radius 2 is 1.53 bits per heavy atom. The average molecular weight is 410 g/mol. The van der Waals surface area contributed by atoms with Crippen LogP contribution in [0.2, 0.25) is 0 Å². The molecule has 2 N–H and O–H groups in total. The Kier molecular flexibility index (Phi) is 6.59. The maximum atomic E-state index is 12.4. The summed E-state index contributed by atoms with van der Waals surface area (Å²) in [6.07, 6.45) is 0. The van der Waals surface area contributed by atoms with E-state index in [9.17, 15) is 9.59 Å². The van der Waals surface area contributed by atoms with Gasteiger partial charge >= 0.3 is 5.91 Å². The highest BCUT2D eigenvalue weighted by Crippen LogP contribution is 2.29. The van der Waals surface area contributed by atoms with Crippen molar-refractivity contribution in [3.05, 3.63) is 77.2 Å². The molecule has 2 amide bonds. The molecule has 0 bridgehead atoms. The van der Waals surface area contributed by atoms with E-state index in [1.165, 1.54) is 20.3 Å². The summed E-state index contributed by atoms with van der Waals surface area (Å²) in [6, 6.07) is 15.5. The molecule has 3 rings (SSSR count). The summed E-state index contributed by atoms with van der Waals surface area (Å²) in [4.78, 5) is 24.7. The molecule has 0 aliphatic heterocycles. The van der Waals surface area contributed by atoms with E-state index < -0.39 is 11.8 Å². The van der Waals surface area contributed by atoms with Crippen molar-refractivity contribution in [3.8, 4) is 17.2 Å². The van der Waals surface area contributed by atoms with Crippen LogP contribution in [0.5, 0.6) is 17.2 Å². The average Bonchev–Trinajstić information content (AvgIpc) is 3.26. The molecule has 1 aromatic heterocycles. The van der Waals surface area contributed by atoms with E-state index >= 15 is 0 Å². The van der Waals surface area contributed by atoms with Crippen molar-refractivity contribution in [2.24, 2.45) is 0 Å². The maximum Gasteiger partial charge on any atom is 0.305 e. The van der Waals surface area contributed by atoms with Crippen LogP contribution < -0.4 is 25.1 Å². The molecule has 0 atom stereocenters. The molecule has 3 aromatic rings. The van der Waals surface area contributed by atoms with Crippen molar-refractivity contribution < 1.29 is 28.2 Å². The molecule has 0 aliphatic carbocycles. The fourth-order valence-corrected chi connectivity index (χ4v) is 2.71. The summed E-state index contributed by atoms with van der Waals surface area (Å²) in [5, 5.41) is 0. The van der Waals surface area contributed by atoms with Gasteiger partial charge < -0.3 is 18.6 Å². The van der Waals surface area contributed by atoms with Gasteiger partial charge in [-0.25, -0.2) is 0 Å². The third-order valence-electron chi connectivity index (χ3n) is 4.31. The largest absolute Gasteiger partial charge is 0.496 e. The molecule has 8 nitrogen and oxygen atoms in total. The molecular weight excluding hydrogens is 388 g/mol. The van der Waals surface area contributed by atoms with Crippen LogP contribution in [0.1, 0.15) is 32.2 Å². The first-order valence-electron chi connectivity index (χ1n) is 9.11. The summed E-state index contributed by atoms with van der Waals surface area (Å²) < 4.78 is 21.6. The molecule has 0 aliphatic rings. The Labute approximate surface area is 173 Å². The number of ether oxygens (including phenoxy) is 3. The number of methoxy groups -OCH3 is 2. The molecule has 156 valence electrons. The van der Waals surface area contributed by atoms with Crippen molar-refractivity contribution in [1.82, 2.24) is 10.9 Å². The summed E-state index contributed by atoms with van der Waals surface area (Å²) >= 11 is 0. The highest BCUT2D eigenvalue weighted by molar-refractivity contribution is 5.98. The number of carbonyl (C=O) groups is 2. The third-order valence-corrected chi connectivity index (χ3v) is 4.31. The summed E-state index contributed by atoms with van der Waals surface area (Å²) in [6.45, 7) is 1.99. The second-order valence-corrected chi connectivity index (χ2v) is 6.28. The lowest BCUT2D eigenvalue weighted by Crippen LogP contribution is -2.41. The van der Waals surface area contributed by atoms with E-state index in [2.05, 4.69) is 10.9 Å². The molecule has 0 saturated carbocycles. The first kappa shape index (κ1) is 20.8. The lowest BCUT2D eigenvalue weighted by Gasteiger charge is -2.12. The minimum absolute atomic E-state index is 0.0426. The molecule has 2 aromatic carbocycles. The van der Waals surface area contributed by atoms with Gasteiger partial charge in [-0.05, 0) is 43.3 Å². The number of hydrogen-bond acceptors (Lipinski definition) is 6. The topological polar surface area (TPSA) is 99.0 Å². The van der Waals surface area contributed by atoms with Crippen LogP contribution in [-0.2, 0) is 6.61 Å². The van der Waals surface area contributed by atoms with E-state index in [1.807, 2.05) is 37.3 Å². The monoisotopic (exact) mass is 410 g/mol. The second-order valence-electron chi connectivity index (χ2n) is 6.28. The normalized spacial score (nSPS) is 10.2. The number of hydrogen-bond donors (Lipinski definition) is 2. The first-order valence-corrected chi connectivity index (χ1v) is 9.11. The third kappa shape index (κ3) is 4.91. The zero-order valence-electron chi connectivity index (χ0n) is 16.9. The highest BCUT2D eigenvalue weighted by Gasteiger charge is 2.16. The number of benzene rings is 2. The van der Waals surface area contributed by atoms with E-state index in [-0.39, 0.29) is 17.9 Å². The van der Waals surface area contributed by atoms with Gasteiger partial charge in [0.25, 0.3) is 5.91 Å². The van der Waals surface area contributed by atoms with E-state index in [1.54, 1.807) is 18.2 Å². The minimum Gasteiger partial charge on any atom is -0.496 e. The molecule has 0 spiro atoms. The zero-order valence-corrected chi connectivity index (χ0v) is 16.9.